The van der Waals surface area contributed by atoms with E-state index in [9.17, 15) is 27.9 Å². The molecule has 2 heterocycles. The van der Waals surface area contributed by atoms with E-state index in [1.165, 1.54) is 12.1 Å². The second-order valence-electron chi connectivity index (χ2n) is 11.1. The summed E-state index contributed by atoms with van der Waals surface area (Å²) in [6.07, 6.45) is -3.61. The number of amides is 2. The lowest BCUT2D eigenvalue weighted by Gasteiger charge is -2.38. The number of rotatable bonds is 8. The molecule has 2 aliphatic heterocycles. The smallest absolute Gasteiger partial charge is 0.416 e. The van der Waals surface area contributed by atoms with Crippen LogP contribution in [0.2, 0.25) is 0 Å². The van der Waals surface area contributed by atoms with E-state index >= 15 is 0 Å². The third kappa shape index (κ3) is 7.58. The van der Waals surface area contributed by atoms with Gasteiger partial charge in [0.2, 0.25) is 5.91 Å². The van der Waals surface area contributed by atoms with Gasteiger partial charge in [0.05, 0.1) is 29.5 Å². The highest BCUT2D eigenvalue weighted by Crippen LogP contribution is 2.36. The molecule has 41 heavy (non-hydrogen) atoms. The standard InChI is InChI=1S/C30H38F3N3O5/c1-19-15-36(20(2)18-37)29(39)24-5-4-6-25(34-28(38)22-11-13-40-14-12-22)27(24)41-26(19)17-35(3)16-21-7-9-23(10-8-21)30(31,32)33/h4-10,19-20,22,26,37H,11-18H2,1-3H3,(H,34,38)/t19-,20+,26-/m0/s1. The normalized spacial score (nSPS) is 21.1. The van der Waals surface area contributed by atoms with Crippen molar-refractivity contribution in [2.45, 2.75) is 51.6 Å². The molecule has 0 aliphatic carbocycles. The molecular formula is C30H38F3N3O5. The number of likely N-dealkylation sites (N-methyl/N-ethyl adjacent to an activating group) is 1. The highest BCUT2D eigenvalue weighted by atomic mass is 19.4. The first-order valence-electron chi connectivity index (χ1n) is 13.9. The molecule has 224 valence electrons. The van der Waals surface area contributed by atoms with Crippen LogP contribution in [0.1, 0.15) is 48.2 Å². The predicted molar refractivity (Wildman–Crippen MR) is 148 cm³/mol. The van der Waals surface area contributed by atoms with E-state index in [4.69, 9.17) is 9.47 Å². The van der Waals surface area contributed by atoms with E-state index in [2.05, 4.69) is 5.32 Å². The number of para-hydroxylation sites is 1. The van der Waals surface area contributed by atoms with Gasteiger partial charge in [-0.15, -0.1) is 0 Å². The van der Waals surface area contributed by atoms with Crippen molar-refractivity contribution in [2.24, 2.45) is 11.8 Å². The molecule has 2 aromatic rings. The molecule has 2 amide bonds. The van der Waals surface area contributed by atoms with Crippen LogP contribution in [-0.2, 0) is 22.3 Å². The first-order chi connectivity index (χ1) is 19.5. The van der Waals surface area contributed by atoms with E-state index in [1.807, 2.05) is 18.9 Å². The summed E-state index contributed by atoms with van der Waals surface area (Å²) in [6.45, 7) is 5.65. The highest BCUT2D eigenvalue weighted by Gasteiger charge is 2.35. The summed E-state index contributed by atoms with van der Waals surface area (Å²) >= 11 is 0. The molecule has 1 saturated heterocycles. The topological polar surface area (TPSA) is 91.3 Å². The summed E-state index contributed by atoms with van der Waals surface area (Å²) in [7, 11) is 1.85. The minimum Gasteiger partial charge on any atom is -0.486 e. The first kappa shape index (κ1) is 30.8. The fourth-order valence-electron chi connectivity index (χ4n) is 5.24. The van der Waals surface area contributed by atoms with Crippen molar-refractivity contribution >= 4 is 17.5 Å². The van der Waals surface area contributed by atoms with Gasteiger partial charge in [0.1, 0.15) is 6.10 Å². The van der Waals surface area contributed by atoms with Gasteiger partial charge >= 0.3 is 6.18 Å². The van der Waals surface area contributed by atoms with Gasteiger partial charge in [-0.05, 0) is 56.6 Å². The Labute approximate surface area is 238 Å². The second kappa shape index (κ2) is 13.2. The Morgan fingerprint density at radius 2 is 1.85 bits per heavy atom. The van der Waals surface area contributed by atoms with Gasteiger partial charge in [0, 0.05) is 44.7 Å². The van der Waals surface area contributed by atoms with Crippen molar-refractivity contribution in [1.29, 1.82) is 0 Å². The van der Waals surface area contributed by atoms with Gasteiger partial charge in [-0.2, -0.15) is 13.2 Å². The van der Waals surface area contributed by atoms with E-state index in [0.29, 0.717) is 51.4 Å². The number of hydrogen-bond acceptors (Lipinski definition) is 6. The summed E-state index contributed by atoms with van der Waals surface area (Å²) in [5, 5.41) is 12.9. The first-order valence-corrected chi connectivity index (χ1v) is 13.9. The summed E-state index contributed by atoms with van der Waals surface area (Å²) in [5.74, 6) is -0.571. The molecular weight excluding hydrogens is 539 g/mol. The number of aliphatic hydroxyl groups excluding tert-OH is 1. The van der Waals surface area contributed by atoms with Crippen molar-refractivity contribution in [3.8, 4) is 5.75 Å². The van der Waals surface area contributed by atoms with E-state index in [1.54, 1.807) is 30.0 Å². The Kier molecular flexibility index (Phi) is 9.93. The molecule has 0 spiro atoms. The molecule has 2 N–H and O–H groups in total. The zero-order valence-electron chi connectivity index (χ0n) is 23.6. The SMILES string of the molecule is C[C@H](CO)N1C[C@H](C)[C@H](CN(C)Cc2ccc(C(F)(F)F)cc2)Oc2c(NC(=O)C3CCOCC3)cccc2C1=O. The number of nitrogens with zero attached hydrogens (tertiary/aromatic N) is 2. The fourth-order valence-corrected chi connectivity index (χ4v) is 5.24. The van der Waals surface area contributed by atoms with Crippen LogP contribution in [-0.4, -0.2) is 78.8 Å². The molecule has 0 radical (unpaired) electrons. The summed E-state index contributed by atoms with van der Waals surface area (Å²) in [5.41, 5.74) is 0.705. The third-order valence-corrected chi connectivity index (χ3v) is 7.77. The van der Waals surface area contributed by atoms with Crippen LogP contribution < -0.4 is 10.1 Å². The summed E-state index contributed by atoms with van der Waals surface area (Å²) in [6, 6.07) is 9.67. The number of aliphatic hydroxyl groups is 1. The molecule has 0 unspecified atom stereocenters. The third-order valence-electron chi connectivity index (χ3n) is 7.77. The minimum absolute atomic E-state index is 0.163. The number of ether oxygens (including phenoxy) is 2. The average molecular weight is 578 g/mol. The Morgan fingerprint density at radius 1 is 1.17 bits per heavy atom. The van der Waals surface area contributed by atoms with Crippen LogP contribution in [0.5, 0.6) is 5.75 Å². The van der Waals surface area contributed by atoms with Crippen molar-refractivity contribution in [3.63, 3.8) is 0 Å². The molecule has 2 aromatic carbocycles. The number of halogens is 3. The highest BCUT2D eigenvalue weighted by molar-refractivity contribution is 6.02. The molecule has 0 saturated carbocycles. The van der Waals surface area contributed by atoms with Gasteiger partial charge in [0.25, 0.3) is 5.91 Å². The maximum atomic E-state index is 13.7. The quantitative estimate of drug-likeness (QED) is 0.483. The van der Waals surface area contributed by atoms with Gasteiger partial charge in [-0.25, -0.2) is 0 Å². The lowest BCUT2D eigenvalue weighted by atomic mass is 9.98. The lowest BCUT2D eigenvalue weighted by molar-refractivity contribution is -0.137. The number of carbonyl (C=O) groups is 2. The van der Waals surface area contributed by atoms with Crippen molar-refractivity contribution in [2.75, 3.05) is 45.3 Å². The Morgan fingerprint density at radius 3 is 2.49 bits per heavy atom. The van der Waals surface area contributed by atoms with Crippen LogP contribution in [0.25, 0.3) is 0 Å². The van der Waals surface area contributed by atoms with E-state index in [-0.39, 0.29) is 41.6 Å². The lowest BCUT2D eigenvalue weighted by Crippen LogP contribution is -2.49. The Hall–Kier alpha value is -3.15. The Bertz CT molecular complexity index is 1200. The van der Waals surface area contributed by atoms with E-state index < -0.39 is 23.9 Å². The largest absolute Gasteiger partial charge is 0.486 e. The van der Waals surface area contributed by atoms with Crippen molar-refractivity contribution < 1.29 is 37.3 Å². The van der Waals surface area contributed by atoms with Gasteiger partial charge in [0.15, 0.2) is 5.75 Å². The Balaban J connectivity index is 1.60. The van der Waals surface area contributed by atoms with Crippen LogP contribution in [0.3, 0.4) is 0 Å². The van der Waals surface area contributed by atoms with Gasteiger partial charge in [-0.3, -0.25) is 14.5 Å². The van der Waals surface area contributed by atoms with Gasteiger partial charge in [-0.1, -0.05) is 25.1 Å². The number of nitrogens with one attached hydrogen (secondary N) is 1. The molecule has 1 fully saturated rings. The number of benzene rings is 2. The van der Waals surface area contributed by atoms with Crippen LogP contribution >= 0.6 is 0 Å². The number of hydrogen-bond donors (Lipinski definition) is 2. The number of alkyl halides is 3. The van der Waals surface area contributed by atoms with Crippen molar-refractivity contribution in [3.05, 3.63) is 59.2 Å². The maximum absolute atomic E-state index is 13.7. The van der Waals surface area contributed by atoms with Crippen molar-refractivity contribution in [1.82, 2.24) is 9.80 Å². The van der Waals surface area contributed by atoms with Crippen LogP contribution in [0, 0.1) is 11.8 Å². The molecule has 8 nitrogen and oxygen atoms in total. The second-order valence-corrected chi connectivity index (χ2v) is 11.1. The zero-order valence-corrected chi connectivity index (χ0v) is 23.6. The zero-order chi connectivity index (χ0) is 29.7. The maximum Gasteiger partial charge on any atom is 0.416 e. The van der Waals surface area contributed by atoms with Crippen LogP contribution in [0.15, 0.2) is 42.5 Å². The van der Waals surface area contributed by atoms with E-state index in [0.717, 1.165) is 17.7 Å². The molecule has 0 aromatic heterocycles. The molecule has 0 bridgehead atoms. The number of fused-ring (bicyclic) bond motifs is 1. The predicted octanol–water partition coefficient (Wildman–Crippen LogP) is 4.42. The fraction of sp³-hybridized carbons (Fsp3) is 0.533. The summed E-state index contributed by atoms with van der Waals surface area (Å²) < 4.78 is 50.9. The number of carbonyl (C=O) groups excluding carboxylic acids is 2. The average Bonchev–Trinajstić information content (AvgIpc) is 2.95. The molecule has 4 rings (SSSR count). The number of anilines is 1. The monoisotopic (exact) mass is 577 g/mol. The summed E-state index contributed by atoms with van der Waals surface area (Å²) in [4.78, 5) is 30.3. The van der Waals surface area contributed by atoms with Crippen LogP contribution in [0.4, 0.5) is 18.9 Å². The molecule has 3 atom stereocenters. The minimum atomic E-state index is -4.40. The molecule has 2 aliphatic rings. The molecule has 11 heteroatoms. The van der Waals surface area contributed by atoms with Gasteiger partial charge < -0.3 is 24.8 Å².